The highest BCUT2D eigenvalue weighted by Gasteiger charge is 2.16. The summed E-state index contributed by atoms with van der Waals surface area (Å²) >= 11 is 0. The summed E-state index contributed by atoms with van der Waals surface area (Å²) < 4.78 is 5.33. The fraction of sp³-hybridized carbons (Fsp3) is 0.385. The van der Waals surface area contributed by atoms with Crippen molar-refractivity contribution in [1.82, 2.24) is 0 Å². The highest BCUT2D eigenvalue weighted by molar-refractivity contribution is 5.97. The number of carbonyl (C=O) groups excluding carboxylic acids is 2. The Morgan fingerprint density at radius 1 is 1.45 bits per heavy atom. The molecule has 1 atom stereocenters. The van der Waals surface area contributed by atoms with Gasteiger partial charge in [0.05, 0.1) is 25.7 Å². The maximum atomic E-state index is 11.7. The van der Waals surface area contributed by atoms with Gasteiger partial charge in [0.25, 0.3) is 0 Å². The van der Waals surface area contributed by atoms with Gasteiger partial charge in [-0.15, -0.1) is 0 Å². The number of nitrogens with two attached hydrogens (primary N) is 2. The van der Waals surface area contributed by atoms with Crippen LogP contribution < -0.4 is 21.5 Å². The monoisotopic (exact) mass is 281 g/mol. The first-order valence-corrected chi connectivity index (χ1v) is 6.19. The van der Waals surface area contributed by atoms with Crippen LogP contribution in [-0.2, 0) is 16.2 Å². The molecule has 1 aromatic carbocycles. The molecule has 7 nitrogen and oxygen atoms in total. The van der Waals surface area contributed by atoms with E-state index in [9.17, 15) is 14.7 Å². The summed E-state index contributed by atoms with van der Waals surface area (Å²) in [5.41, 5.74) is 11.5. The van der Waals surface area contributed by atoms with Crippen molar-refractivity contribution in [2.45, 2.75) is 26.0 Å². The molecule has 2 amide bonds. The van der Waals surface area contributed by atoms with Crippen molar-refractivity contribution < 1.29 is 19.4 Å². The van der Waals surface area contributed by atoms with Crippen molar-refractivity contribution in [1.29, 1.82) is 0 Å². The number of amides is 2. The first kappa shape index (κ1) is 15.9. The number of hydrogen-bond donors (Lipinski definition) is 4. The van der Waals surface area contributed by atoms with Crippen molar-refractivity contribution in [3.05, 3.63) is 23.8 Å². The largest absolute Gasteiger partial charge is 0.494 e. The van der Waals surface area contributed by atoms with E-state index in [4.69, 9.17) is 16.2 Å². The van der Waals surface area contributed by atoms with Gasteiger partial charge in [-0.2, -0.15) is 0 Å². The lowest BCUT2D eigenvalue weighted by atomic mass is 10.1. The number of benzene rings is 1. The van der Waals surface area contributed by atoms with Crippen LogP contribution in [0.4, 0.5) is 5.69 Å². The Morgan fingerprint density at radius 3 is 2.70 bits per heavy atom. The van der Waals surface area contributed by atoms with Crippen LogP contribution in [0.2, 0.25) is 0 Å². The van der Waals surface area contributed by atoms with Crippen LogP contribution in [0.1, 0.15) is 18.9 Å². The zero-order valence-corrected chi connectivity index (χ0v) is 11.3. The van der Waals surface area contributed by atoms with Crippen molar-refractivity contribution in [2.24, 2.45) is 11.5 Å². The Kier molecular flexibility index (Phi) is 5.95. The van der Waals surface area contributed by atoms with E-state index < -0.39 is 17.9 Å². The molecule has 0 aromatic heterocycles. The number of nitrogens with one attached hydrogen (secondary N) is 1. The molecule has 110 valence electrons. The molecule has 7 heteroatoms. The van der Waals surface area contributed by atoms with Gasteiger partial charge in [0, 0.05) is 11.3 Å². The van der Waals surface area contributed by atoms with Gasteiger partial charge in [-0.1, -0.05) is 0 Å². The van der Waals surface area contributed by atoms with Crippen LogP contribution in [0.3, 0.4) is 0 Å². The topological polar surface area (TPSA) is 128 Å². The molecule has 1 rings (SSSR count). The Hall–Kier alpha value is -2.12. The fourth-order valence-corrected chi connectivity index (χ4v) is 1.62. The van der Waals surface area contributed by atoms with Gasteiger partial charge in [0.15, 0.2) is 0 Å². The molecule has 0 fully saturated rings. The number of hydrogen-bond acceptors (Lipinski definition) is 5. The SMILES string of the molecule is CCOc1ccc(NC(=O)C(N)CC(N)=O)cc1CO. The molecule has 0 aliphatic carbocycles. The van der Waals surface area contributed by atoms with Crippen molar-refractivity contribution >= 4 is 17.5 Å². The number of anilines is 1. The quantitative estimate of drug-likeness (QED) is 0.546. The van der Waals surface area contributed by atoms with E-state index in [-0.39, 0.29) is 13.0 Å². The van der Waals surface area contributed by atoms with Gasteiger partial charge in [-0.25, -0.2) is 0 Å². The van der Waals surface area contributed by atoms with E-state index in [1.807, 2.05) is 6.92 Å². The van der Waals surface area contributed by atoms with Crippen LogP contribution in [-0.4, -0.2) is 29.6 Å². The average molecular weight is 281 g/mol. The van der Waals surface area contributed by atoms with E-state index in [2.05, 4.69) is 5.32 Å². The van der Waals surface area contributed by atoms with Crippen LogP contribution in [0, 0.1) is 0 Å². The molecule has 1 unspecified atom stereocenters. The molecule has 0 heterocycles. The summed E-state index contributed by atoms with van der Waals surface area (Å²) in [6, 6.07) is 3.85. The second kappa shape index (κ2) is 7.46. The van der Waals surface area contributed by atoms with Crippen LogP contribution in [0.15, 0.2) is 18.2 Å². The Balaban J connectivity index is 2.77. The third-order valence-corrected chi connectivity index (χ3v) is 2.56. The summed E-state index contributed by atoms with van der Waals surface area (Å²) in [7, 11) is 0. The lowest BCUT2D eigenvalue weighted by molar-refractivity contribution is -0.123. The summed E-state index contributed by atoms with van der Waals surface area (Å²) in [5, 5.41) is 11.8. The van der Waals surface area contributed by atoms with Gasteiger partial charge >= 0.3 is 0 Å². The van der Waals surface area contributed by atoms with Gasteiger partial charge in [0.1, 0.15) is 5.75 Å². The molecule has 0 saturated carbocycles. The zero-order valence-electron chi connectivity index (χ0n) is 11.3. The second-order valence-electron chi connectivity index (χ2n) is 4.18. The molecule has 0 saturated heterocycles. The summed E-state index contributed by atoms with van der Waals surface area (Å²) in [4.78, 5) is 22.4. The molecule has 0 spiro atoms. The molecule has 0 aliphatic rings. The number of ether oxygens (including phenoxy) is 1. The van der Waals surface area contributed by atoms with Crippen LogP contribution in [0.25, 0.3) is 0 Å². The van der Waals surface area contributed by atoms with Crippen LogP contribution in [0.5, 0.6) is 5.75 Å². The molecule has 20 heavy (non-hydrogen) atoms. The van der Waals surface area contributed by atoms with E-state index in [1.54, 1.807) is 18.2 Å². The number of aliphatic hydroxyl groups excluding tert-OH is 1. The molecule has 1 aromatic rings. The molecule has 0 bridgehead atoms. The predicted octanol–water partition coefficient (Wildman–Crippen LogP) is -0.281. The molecule has 0 aliphatic heterocycles. The standard InChI is InChI=1S/C13H19N3O4/c1-2-20-11-4-3-9(5-8(11)7-17)16-13(19)10(14)6-12(15)18/h3-5,10,17H,2,6-7,14H2,1H3,(H2,15,18)(H,16,19). The minimum absolute atomic E-state index is 0.216. The smallest absolute Gasteiger partial charge is 0.241 e. The van der Waals surface area contributed by atoms with Gasteiger partial charge in [-0.3, -0.25) is 9.59 Å². The molecule has 6 N–H and O–H groups in total. The van der Waals surface area contributed by atoms with Crippen LogP contribution >= 0.6 is 0 Å². The first-order chi connectivity index (χ1) is 9.47. The first-order valence-electron chi connectivity index (χ1n) is 6.19. The fourth-order valence-electron chi connectivity index (χ4n) is 1.62. The highest BCUT2D eigenvalue weighted by Crippen LogP contribution is 2.23. The summed E-state index contributed by atoms with van der Waals surface area (Å²) in [6.45, 7) is 2.09. The Morgan fingerprint density at radius 2 is 2.15 bits per heavy atom. The van der Waals surface area contributed by atoms with Gasteiger partial charge in [0.2, 0.25) is 11.8 Å². The third-order valence-electron chi connectivity index (χ3n) is 2.56. The second-order valence-corrected chi connectivity index (χ2v) is 4.18. The van der Waals surface area contributed by atoms with Crippen molar-refractivity contribution in [2.75, 3.05) is 11.9 Å². The minimum Gasteiger partial charge on any atom is -0.494 e. The average Bonchev–Trinajstić information content (AvgIpc) is 2.39. The zero-order chi connectivity index (χ0) is 15.1. The number of primary amides is 1. The lowest BCUT2D eigenvalue weighted by Crippen LogP contribution is -2.39. The number of aliphatic hydroxyl groups is 1. The van der Waals surface area contributed by atoms with E-state index in [0.717, 1.165) is 0 Å². The van der Waals surface area contributed by atoms with Crippen molar-refractivity contribution in [3.8, 4) is 5.75 Å². The predicted molar refractivity (Wildman–Crippen MR) is 74.0 cm³/mol. The van der Waals surface area contributed by atoms with Crippen molar-refractivity contribution in [3.63, 3.8) is 0 Å². The Labute approximate surface area is 116 Å². The summed E-state index contributed by atoms with van der Waals surface area (Å²) in [5.74, 6) is -0.610. The Bertz CT molecular complexity index is 491. The van der Waals surface area contributed by atoms with Gasteiger partial charge < -0.3 is 26.6 Å². The van der Waals surface area contributed by atoms with Gasteiger partial charge in [-0.05, 0) is 25.1 Å². The molecule has 0 radical (unpaired) electrons. The maximum absolute atomic E-state index is 11.7. The lowest BCUT2D eigenvalue weighted by Gasteiger charge is -2.13. The molecular formula is C13H19N3O4. The normalized spacial score (nSPS) is 11.8. The molecular weight excluding hydrogens is 262 g/mol. The van der Waals surface area contributed by atoms with E-state index in [0.29, 0.717) is 23.6 Å². The highest BCUT2D eigenvalue weighted by atomic mass is 16.5. The number of rotatable bonds is 7. The minimum atomic E-state index is -1.00. The van der Waals surface area contributed by atoms with E-state index >= 15 is 0 Å². The maximum Gasteiger partial charge on any atom is 0.241 e. The van der Waals surface area contributed by atoms with E-state index in [1.165, 1.54) is 0 Å². The summed E-state index contributed by atoms with van der Waals surface area (Å²) in [6.07, 6.45) is -0.226. The third kappa shape index (κ3) is 4.52. The number of carbonyl (C=O) groups is 2.